The van der Waals surface area contributed by atoms with E-state index in [4.69, 9.17) is 9.47 Å². The normalized spacial score (nSPS) is 22.1. The zero-order valence-electron chi connectivity index (χ0n) is 9.12. The van der Waals surface area contributed by atoms with E-state index in [1.165, 1.54) is 6.92 Å². The summed E-state index contributed by atoms with van der Waals surface area (Å²) >= 11 is 0. The van der Waals surface area contributed by atoms with E-state index in [0.29, 0.717) is 19.1 Å². The molecule has 2 unspecified atom stereocenters. The van der Waals surface area contributed by atoms with Gasteiger partial charge in [0.15, 0.2) is 5.78 Å². The van der Waals surface area contributed by atoms with E-state index in [-0.39, 0.29) is 5.78 Å². The van der Waals surface area contributed by atoms with Crippen LogP contribution in [0, 0.1) is 5.92 Å². The molecule has 0 aliphatic carbocycles. The molecule has 15 heavy (non-hydrogen) atoms. The van der Waals surface area contributed by atoms with Crippen LogP contribution in [0.1, 0.15) is 20.3 Å². The van der Waals surface area contributed by atoms with Crippen molar-refractivity contribution >= 4 is 11.9 Å². The molecule has 1 rings (SSSR count). The lowest BCUT2D eigenvalue weighted by atomic mass is 10.1. The zero-order valence-corrected chi connectivity index (χ0v) is 9.12. The molecule has 1 aliphatic heterocycles. The SMILES string of the molecule is CC(=O)C(C)NC(=O)OCC1CCOC1. The van der Waals surface area contributed by atoms with Crippen molar-refractivity contribution in [3.05, 3.63) is 0 Å². The van der Waals surface area contributed by atoms with Crippen LogP contribution in [-0.2, 0) is 14.3 Å². The standard InChI is InChI=1S/C10H17NO4/c1-7(8(2)12)11-10(13)15-6-9-3-4-14-5-9/h7,9H,3-6H2,1-2H3,(H,11,13). The van der Waals surface area contributed by atoms with Gasteiger partial charge in [0.1, 0.15) is 0 Å². The first kappa shape index (κ1) is 12.0. The molecule has 0 bridgehead atoms. The molecule has 2 atom stereocenters. The number of Topliss-reactive ketones (excluding diaryl/α,β-unsaturated/α-hetero) is 1. The molecule has 0 radical (unpaired) electrons. The predicted molar refractivity (Wildman–Crippen MR) is 53.6 cm³/mol. The van der Waals surface area contributed by atoms with Gasteiger partial charge < -0.3 is 14.8 Å². The molecule has 1 saturated heterocycles. The summed E-state index contributed by atoms with van der Waals surface area (Å²) in [5.41, 5.74) is 0. The van der Waals surface area contributed by atoms with E-state index in [0.717, 1.165) is 13.0 Å². The molecule has 1 N–H and O–H groups in total. The fraction of sp³-hybridized carbons (Fsp3) is 0.800. The number of ketones is 1. The van der Waals surface area contributed by atoms with Gasteiger partial charge in [-0.15, -0.1) is 0 Å². The van der Waals surface area contributed by atoms with Crippen LogP contribution in [0.3, 0.4) is 0 Å². The molecule has 1 heterocycles. The Morgan fingerprint density at radius 1 is 1.60 bits per heavy atom. The largest absolute Gasteiger partial charge is 0.449 e. The predicted octanol–water partition coefficient (Wildman–Crippen LogP) is 0.727. The van der Waals surface area contributed by atoms with E-state index in [1.807, 2.05) is 0 Å². The zero-order chi connectivity index (χ0) is 11.3. The number of ether oxygens (including phenoxy) is 2. The molecule has 0 spiro atoms. The maximum atomic E-state index is 11.2. The summed E-state index contributed by atoms with van der Waals surface area (Å²) in [5, 5.41) is 2.45. The van der Waals surface area contributed by atoms with E-state index in [2.05, 4.69) is 5.32 Å². The topological polar surface area (TPSA) is 64.6 Å². The van der Waals surface area contributed by atoms with Crippen LogP contribution < -0.4 is 5.32 Å². The highest BCUT2D eigenvalue weighted by Gasteiger charge is 2.18. The van der Waals surface area contributed by atoms with Crippen molar-refractivity contribution in [1.29, 1.82) is 0 Å². The van der Waals surface area contributed by atoms with Gasteiger partial charge in [-0.2, -0.15) is 0 Å². The number of hydrogen-bond donors (Lipinski definition) is 1. The lowest BCUT2D eigenvalue weighted by Gasteiger charge is -2.12. The Morgan fingerprint density at radius 3 is 2.87 bits per heavy atom. The quantitative estimate of drug-likeness (QED) is 0.750. The van der Waals surface area contributed by atoms with Crippen molar-refractivity contribution in [2.24, 2.45) is 5.92 Å². The highest BCUT2D eigenvalue weighted by Crippen LogP contribution is 2.12. The van der Waals surface area contributed by atoms with Gasteiger partial charge in [0, 0.05) is 12.5 Å². The molecule has 5 heteroatoms. The average Bonchev–Trinajstić information content (AvgIpc) is 2.66. The van der Waals surface area contributed by atoms with E-state index in [1.54, 1.807) is 6.92 Å². The second kappa shape index (κ2) is 5.70. The Bertz CT molecular complexity index is 236. The number of amides is 1. The van der Waals surface area contributed by atoms with Crippen LogP contribution in [0.25, 0.3) is 0 Å². The minimum atomic E-state index is -0.537. The van der Waals surface area contributed by atoms with Gasteiger partial charge >= 0.3 is 6.09 Å². The van der Waals surface area contributed by atoms with E-state index < -0.39 is 12.1 Å². The van der Waals surface area contributed by atoms with Crippen LogP contribution in [0.2, 0.25) is 0 Å². The highest BCUT2D eigenvalue weighted by atomic mass is 16.6. The lowest BCUT2D eigenvalue weighted by molar-refractivity contribution is -0.118. The summed E-state index contributed by atoms with van der Waals surface area (Å²) in [6.07, 6.45) is 0.389. The summed E-state index contributed by atoms with van der Waals surface area (Å²) in [6, 6.07) is -0.489. The summed E-state index contributed by atoms with van der Waals surface area (Å²) in [6.45, 7) is 4.80. The van der Waals surface area contributed by atoms with Crippen LogP contribution in [0.15, 0.2) is 0 Å². The fourth-order valence-corrected chi connectivity index (χ4v) is 1.23. The third-order valence-corrected chi connectivity index (χ3v) is 2.42. The average molecular weight is 215 g/mol. The van der Waals surface area contributed by atoms with Crippen molar-refractivity contribution in [3.63, 3.8) is 0 Å². The molecule has 0 aromatic heterocycles. The maximum absolute atomic E-state index is 11.2. The van der Waals surface area contributed by atoms with Gasteiger partial charge in [-0.05, 0) is 20.3 Å². The minimum Gasteiger partial charge on any atom is -0.449 e. The Kier molecular flexibility index (Phi) is 4.55. The van der Waals surface area contributed by atoms with Crippen molar-refractivity contribution in [1.82, 2.24) is 5.32 Å². The number of nitrogens with one attached hydrogen (secondary N) is 1. The van der Waals surface area contributed by atoms with Gasteiger partial charge in [-0.3, -0.25) is 4.79 Å². The first-order valence-corrected chi connectivity index (χ1v) is 5.11. The number of alkyl carbamates (subject to hydrolysis) is 1. The third-order valence-electron chi connectivity index (χ3n) is 2.42. The first-order valence-electron chi connectivity index (χ1n) is 5.11. The number of carbonyl (C=O) groups excluding carboxylic acids is 2. The Hall–Kier alpha value is -1.10. The lowest BCUT2D eigenvalue weighted by Crippen LogP contribution is -2.38. The Labute approximate surface area is 89.1 Å². The molecular formula is C10H17NO4. The van der Waals surface area contributed by atoms with Gasteiger partial charge in [0.05, 0.1) is 19.3 Å². The second-order valence-electron chi connectivity index (χ2n) is 3.80. The van der Waals surface area contributed by atoms with Crippen LogP contribution in [0.5, 0.6) is 0 Å². The van der Waals surface area contributed by atoms with Crippen LogP contribution in [-0.4, -0.2) is 37.7 Å². The summed E-state index contributed by atoms with van der Waals surface area (Å²) in [5.74, 6) is 0.208. The fourth-order valence-electron chi connectivity index (χ4n) is 1.23. The van der Waals surface area contributed by atoms with E-state index >= 15 is 0 Å². The molecule has 1 fully saturated rings. The van der Waals surface area contributed by atoms with Gasteiger partial charge in [-0.25, -0.2) is 4.79 Å². The molecule has 0 aromatic carbocycles. The van der Waals surface area contributed by atoms with Crippen molar-refractivity contribution in [3.8, 4) is 0 Å². The Morgan fingerprint density at radius 2 is 2.33 bits per heavy atom. The second-order valence-corrected chi connectivity index (χ2v) is 3.80. The van der Waals surface area contributed by atoms with Crippen molar-refractivity contribution in [2.45, 2.75) is 26.3 Å². The first-order chi connectivity index (χ1) is 7.09. The smallest absolute Gasteiger partial charge is 0.407 e. The maximum Gasteiger partial charge on any atom is 0.407 e. The number of carbonyl (C=O) groups is 2. The Balaban J connectivity index is 2.15. The molecule has 0 saturated carbocycles. The molecule has 1 aliphatic rings. The summed E-state index contributed by atoms with van der Waals surface area (Å²) < 4.78 is 10.1. The van der Waals surface area contributed by atoms with Crippen LogP contribution in [0.4, 0.5) is 4.79 Å². The highest BCUT2D eigenvalue weighted by molar-refractivity contribution is 5.84. The van der Waals surface area contributed by atoms with Gasteiger partial charge in [-0.1, -0.05) is 0 Å². The molecule has 1 amide bonds. The monoisotopic (exact) mass is 215 g/mol. The number of rotatable bonds is 4. The van der Waals surface area contributed by atoms with Gasteiger partial charge in [0.2, 0.25) is 0 Å². The van der Waals surface area contributed by atoms with Crippen molar-refractivity contribution in [2.75, 3.05) is 19.8 Å². The molecular weight excluding hydrogens is 198 g/mol. The molecule has 86 valence electrons. The summed E-state index contributed by atoms with van der Waals surface area (Å²) in [7, 11) is 0. The third kappa shape index (κ3) is 4.29. The molecule has 5 nitrogen and oxygen atoms in total. The number of hydrogen-bond acceptors (Lipinski definition) is 4. The van der Waals surface area contributed by atoms with Crippen molar-refractivity contribution < 1.29 is 19.1 Å². The van der Waals surface area contributed by atoms with Gasteiger partial charge in [0.25, 0.3) is 0 Å². The molecule has 0 aromatic rings. The summed E-state index contributed by atoms with van der Waals surface area (Å²) in [4.78, 5) is 22.0. The minimum absolute atomic E-state index is 0.0869. The van der Waals surface area contributed by atoms with E-state index in [9.17, 15) is 9.59 Å². The van der Waals surface area contributed by atoms with Crippen LogP contribution >= 0.6 is 0 Å².